The van der Waals surface area contributed by atoms with Crippen LogP contribution in [0.25, 0.3) is 11.3 Å². The van der Waals surface area contributed by atoms with Crippen LogP contribution in [0.2, 0.25) is 5.02 Å². The van der Waals surface area contributed by atoms with Gasteiger partial charge in [0.05, 0.1) is 16.8 Å². The molecule has 30 heavy (non-hydrogen) atoms. The van der Waals surface area contributed by atoms with Crippen LogP contribution in [0.3, 0.4) is 0 Å². The average Bonchev–Trinajstić information content (AvgIpc) is 3.07. The van der Waals surface area contributed by atoms with Gasteiger partial charge >= 0.3 is 11.9 Å². The van der Waals surface area contributed by atoms with Crippen LogP contribution in [0, 0.1) is 10.1 Å². The summed E-state index contributed by atoms with van der Waals surface area (Å²) in [5.74, 6) is -2.97. The SMILES string of the molecule is Cn1c(-c2cccc(Cl)c2)cnc1NCc1cccc([N+](=O)[O-])c1.O=C(O)C(=O)O. The molecule has 0 saturated heterocycles. The van der Waals surface area contributed by atoms with Crippen LogP contribution in [-0.2, 0) is 23.2 Å². The van der Waals surface area contributed by atoms with Gasteiger partial charge in [-0.1, -0.05) is 35.9 Å². The van der Waals surface area contributed by atoms with Crippen LogP contribution in [0.15, 0.2) is 54.7 Å². The molecule has 0 bridgehead atoms. The Morgan fingerprint density at radius 3 is 2.43 bits per heavy atom. The van der Waals surface area contributed by atoms with Crippen molar-refractivity contribution in [2.75, 3.05) is 5.32 Å². The Hall–Kier alpha value is -3.92. The van der Waals surface area contributed by atoms with Crippen LogP contribution in [0.1, 0.15) is 5.56 Å². The van der Waals surface area contributed by atoms with Crippen molar-refractivity contribution in [3.8, 4) is 11.3 Å². The number of nitro benzene ring substituents is 1. The van der Waals surface area contributed by atoms with Crippen molar-refractivity contribution in [3.05, 3.63) is 75.4 Å². The first-order valence-corrected chi connectivity index (χ1v) is 8.78. The molecule has 11 heteroatoms. The summed E-state index contributed by atoms with van der Waals surface area (Å²) in [6, 6.07) is 14.1. The molecule has 0 saturated carbocycles. The number of anilines is 1. The van der Waals surface area contributed by atoms with Crippen molar-refractivity contribution in [1.82, 2.24) is 9.55 Å². The maximum absolute atomic E-state index is 10.8. The summed E-state index contributed by atoms with van der Waals surface area (Å²) in [5.41, 5.74) is 2.80. The lowest BCUT2D eigenvalue weighted by molar-refractivity contribution is -0.384. The van der Waals surface area contributed by atoms with Crippen molar-refractivity contribution >= 4 is 35.2 Å². The quantitative estimate of drug-likeness (QED) is 0.315. The summed E-state index contributed by atoms with van der Waals surface area (Å²) in [6.45, 7) is 0.446. The number of carboxylic acid groups (broad SMARTS) is 2. The number of nitro groups is 1. The second kappa shape index (κ2) is 10.0. The van der Waals surface area contributed by atoms with Crippen LogP contribution in [0.4, 0.5) is 11.6 Å². The summed E-state index contributed by atoms with van der Waals surface area (Å²) in [5, 5.41) is 29.5. The number of aliphatic carboxylic acids is 2. The van der Waals surface area contributed by atoms with Crippen molar-refractivity contribution in [2.24, 2.45) is 7.05 Å². The Morgan fingerprint density at radius 2 is 1.83 bits per heavy atom. The monoisotopic (exact) mass is 432 g/mol. The molecule has 2 aromatic carbocycles. The smallest absolute Gasteiger partial charge is 0.414 e. The summed E-state index contributed by atoms with van der Waals surface area (Å²) in [4.78, 5) is 33.0. The molecule has 0 amide bonds. The van der Waals surface area contributed by atoms with Gasteiger partial charge in [0, 0.05) is 36.3 Å². The van der Waals surface area contributed by atoms with Gasteiger partial charge in [-0.2, -0.15) is 0 Å². The highest BCUT2D eigenvalue weighted by Gasteiger charge is 2.10. The molecule has 10 nitrogen and oxygen atoms in total. The number of nitrogens with one attached hydrogen (secondary N) is 1. The number of hydrogen-bond donors (Lipinski definition) is 3. The van der Waals surface area contributed by atoms with Gasteiger partial charge in [0.25, 0.3) is 5.69 Å². The van der Waals surface area contributed by atoms with E-state index in [1.807, 2.05) is 41.9 Å². The van der Waals surface area contributed by atoms with Gasteiger partial charge in [-0.25, -0.2) is 14.6 Å². The van der Waals surface area contributed by atoms with Gasteiger partial charge in [0.15, 0.2) is 0 Å². The lowest BCUT2D eigenvalue weighted by Crippen LogP contribution is -2.09. The van der Waals surface area contributed by atoms with E-state index in [1.54, 1.807) is 18.3 Å². The number of non-ortho nitro benzene ring substituents is 1. The zero-order valence-corrected chi connectivity index (χ0v) is 16.4. The van der Waals surface area contributed by atoms with E-state index in [0.29, 0.717) is 17.5 Å². The molecule has 0 radical (unpaired) electrons. The molecular formula is C19H17ClN4O6. The molecule has 0 aliphatic rings. The van der Waals surface area contributed by atoms with Gasteiger partial charge in [-0.15, -0.1) is 0 Å². The Kier molecular flexibility index (Phi) is 7.48. The standard InChI is InChI=1S/C17H15ClN4O2.C2H2O4/c1-21-16(13-5-3-6-14(18)9-13)11-20-17(21)19-10-12-4-2-7-15(8-12)22(23)24;3-1(4)2(5)6/h2-9,11H,10H2,1H3,(H,19,20);(H,3,4)(H,5,6). The third-order valence-electron chi connectivity index (χ3n) is 3.86. The summed E-state index contributed by atoms with van der Waals surface area (Å²) in [7, 11) is 1.90. The van der Waals surface area contributed by atoms with E-state index in [4.69, 9.17) is 31.4 Å². The highest BCUT2D eigenvalue weighted by molar-refractivity contribution is 6.30. The van der Waals surface area contributed by atoms with Gasteiger partial charge in [-0.3, -0.25) is 10.1 Å². The molecule has 0 spiro atoms. The Balaban J connectivity index is 0.000000469. The van der Waals surface area contributed by atoms with Crippen LogP contribution >= 0.6 is 11.6 Å². The zero-order chi connectivity index (χ0) is 22.3. The zero-order valence-electron chi connectivity index (χ0n) is 15.7. The van der Waals surface area contributed by atoms with E-state index in [9.17, 15) is 10.1 Å². The maximum Gasteiger partial charge on any atom is 0.414 e. The Morgan fingerprint density at radius 1 is 1.17 bits per heavy atom. The number of rotatable bonds is 5. The number of benzene rings is 2. The minimum absolute atomic E-state index is 0.0776. The molecule has 0 aliphatic heterocycles. The van der Waals surface area contributed by atoms with Gasteiger partial charge in [0.1, 0.15) is 0 Å². The molecule has 0 unspecified atom stereocenters. The Bertz CT molecular complexity index is 1070. The van der Waals surface area contributed by atoms with E-state index in [1.165, 1.54) is 6.07 Å². The van der Waals surface area contributed by atoms with Gasteiger partial charge in [0.2, 0.25) is 5.95 Å². The first-order chi connectivity index (χ1) is 14.2. The number of carboxylic acids is 2. The van der Waals surface area contributed by atoms with Crippen molar-refractivity contribution < 1.29 is 24.7 Å². The number of hydrogen-bond acceptors (Lipinski definition) is 6. The predicted molar refractivity (Wildman–Crippen MR) is 109 cm³/mol. The van der Waals surface area contributed by atoms with Crippen molar-refractivity contribution in [1.29, 1.82) is 0 Å². The minimum atomic E-state index is -1.82. The Labute approximate surface area is 175 Å². The fourth-order valence-corrected chi connectivity index (χ4v) is 2.64. The van der Waals surface area contributed by atoms with Crippen LogP contribution in [-0.4, -0.2) is 36.6 Å². The first-order valence-electron chi connectivity index (χ1n) is 8.40. The third-order valence-corrected chi connectivity index (χ3v) is 4.10. The van der Waals surface area contributed by atoms with Gasteiger partial charge < -0.3 is 20.1 Å². The molecule has 156 valence electrons. The van der Waals surface area contributed by atoms with E-state index in [-0.39, 0.29) is 5.69 Å². The minimum Gasteiger partial charge on any atom is -0.473 e. The van der Waals surface area contributed by atoms with Gasteiger partial charge in [-0.05, 0) is 17.7 Å². The molecule has 3 N–H and O–H groups in total. The van der Waals surface area contributed by atoms with E-state index >= 15 is 0 Å². The van der Waals surface area contributed by atoms with E-state index < -0.39 is 16.9 Å². The highest BCUT2D eigenvalue weighted by Crippen LogP contribution is 2.25. The maximum atomic E-state index is 10.8. The second-order valence-corrected chi connectivity index (χ2v) is 6.36. The van der Waals surface area contributed by atoms with Crippen molar-refractivity contribution in [3.63, 3.8) is 0 Å². The summed E-state index contributed by atoms with van der Waals surface area (Å²) in [6.07, 6.45) is 1.77. The molecule has 3 aromatic rings. The van der Waals surface area contributed by atoms with Crippen molar-refractivity contribution in [2.45, 2.75) is 6.54 Å². The summed E-state index contributed by atoms with van der Waals surface area (Å²) < 4.78 is 1.92. The molecule has 1 aromatic heterocycles. The molecule has 0 fully saturated rings. The molecule has 0 aliphatic carbocycles. The first kappa shape index (κ1) is 22.4. The number of nitrogens with zero attached hydrogens (tertiary/aromatic N) is 3. The average molecular weight is 433 g/mol. The van der Waals surface area contributed by atoms with E-state index in [2.05, 4.69) is 10.3 Å². The molecule has 1 heterocycles. The highest BCUT2D eigenvalue weighted by atomic mass is 35.5. The lowest BCUT2D eigenvalue weighted by Gasteiger charge is -2.09. The topological polar surface area (TPSA) is 148 Å². The fourth-order valence-electron chi connectivity index (χ4n) is 2.45. The second-order valence-electron chi connectivity index (χ2n) is 5.93. The molecule has 0 atom stereocenters. The summed E-state index contributed by atoms with van der Waals surface area (Å²) >= 11 is 6.04. The molecule has 3 rings (SSSR count). The van der Waals surface area contributed by atoms with Crippen LogP contribution < -0.4 is 5.32 Å². The number of carbonyl (C=O) groups is 2. The predicted octanol–water partition coefficient (Wildman–Crippen LogP) is 3.42. The normalized spacial score (nSPS) is 9.93. The third kappa shape index (κ3) is 6.04. The van der Waals surface area contributed by atoms with Crippen LogP contribution in [0.5, 0.6) is 0 Å². The lowest BCUT2D eigenvalue weighted by atomic mass is 10.2. The fraction of sp³-hybridized carbons (Fsp3) is 0.105. The molecular weight excluding hydrogens is 416 g/mol. The number of halogens is 1. The largest absolute Gasteiger partial charge is 0.473 e. The van der Waals surface area contributed by atoms with E-state index in [0.717, 1.165) is 16.8 Å². The number of imidazole rings is 1. The number of aromatic nitrogens is 2.